The van der Waals surface area contributed by atoms with Crippen molar-refractivity contribution >= 4 is 52.0 Å². The molecule has 1 aromatic rings. The number of hydrogen-bond acceptors (Lipinski definition) is 5. The Morgan fingerprint density at radius 2 is 2.35 bits per heavy atom. The third-order valence-corrected chi connectivity index (χ3v) is 3.60. The van der Waals surface area contributed by atoms with Crippen molar-refractivity contribution in [1.29, 1.82) is 0 Å². The molecule has 1 heterocycles. The van der Waals surface area contributed by atoms with E-state index in [0.717, 1.165) is 5.01 Å². The first-order valence-electron chi connectivity index (χ1n) is 4.60. The first-order valence-corrected chi connectivity index (χ1v) is 6.37. The quantitative estimate of drug-likeness (QED) is 0.669. The Kier molecular flexibility index (Phi) is 3.66. The number of nitrogens with zero attached hydrogens (tertiary/aromatic N) is 2. The molecule has 1 aliphatic heterocycles. The number of carbonyl (C=O) groups is 1. The van der Waals surface area contributed by atoms with Crippen molar-refractivity contribution in [2.45, 2.75) is 0 Å². The largest absolute Gasteiger partial charge is 0.507 e. The molecule has 0 aromatic heterocycles. The maximum absolute atomic E-state index is 11.4. The molecule has 88 valence electrons. The van der Waals surface area contributed by atoms with Crippen LogP contribution in [0.3, 0.4) is 0 Å². The van der Waals surface area contributed by atoms with Gasteiger partial charge in [0.05, 0.1) is 12.0 Å². The van der Waals surface area contributed by atoms with Gasteiger partial charge in [-0.3, -0.25) is 4.79 Å². The van der Waals surface area contributed by atoms with Crippen LogP contribution in [0.25, 0.3) is 0 Å². The molecule has 4 nitrogen and oxygen atoms in total. The number of phenolic OH excluding ortho intramolecular Hbond substituents is 1. The lowest BCUT2D eigenvalue weighted by atomic mass is 10.2. The summed E-state index contributed by atoms with van der Waals surface area (Å²) in [5.41, 5.74) is 0.435. The predicted octanol–water partition coefficient (Wildman–Crippen LogP) is 2.24. The van der Waals surface area contributed by atoms with Crippen LogP contribution in [0.4, 0.5) is 0 Å². The number of aromatic hydroxyl groups is 1. The minimum Gasteiger partial charge on any atom is -0.507 e. The summed E-state index contributed by atoms with van der Waals surface area (Å²) in [5.74, 6) is 0.179. The van der Waals surface area contributed by atoms with Gasteiger partial charge in [-0.25, -0.2) is 0 Å². The van der Waals surface area contributed by atoms with Crippen molar-refractivity contribution in [3.05, 3.63) is 28.8 Å². The molecule has 0 bridgehead atoms. The summed E-state index contributed by atoms with van der Waals surface area (Å²) in [7, 11) is 0. The van der Waals surface area contributed by atoms with E-state index in [1.165, 1.54) is 24.0 Å². The predicted molar refractivity (Wildman–Crippen MR) is 72.6 cm³/mol. The molecule has 1 fully saturated rings. The van der Waals surface area contributed by atoms with Crippen molar-refractivity contribution in [3.63, 3.8) is 0 Å². The van der Waals surface area contributed by atoms with Crippen LogP contribution in [-0.4, -0.2) is 32.3 Å². The number of carbonyl (C=O) groups excluding carboxylic acids is 1. The summed E-state index contributed by atoms with van der Waals surface area (Å²) in [4.78, 5) is 11.4. The van der Waals surface area contributed by atoms with Gasteiger partial charge in [-0.05, 0) is 18.2 Å². The lowest BCUT2D eigenvalue weighted by Crippen LogP contribution is -2.22. The van der Waals surface area contributed by atoms with E-state index in [4.69, 9.17) is 23.8 Å². The van der Waals surface area contributed by atoms with Gasteiger partial charge in [0.25, 0.3) is 5.91 Å². The average molecular weight is 287 g/mol. The molecule has 2 rings (SSSR count). The fourth-order valence-corrected chi connectivity index (χ4v) is 2.35. The number of rotatable bonds is 2. The fraction of sp³-hybridized carbons (Fsp3) is 0.100. The van der Waals surface area contributed by atoms with E-state index in [1.807, 2.05) is 0 Å². The smallest absolute Gasteiger partial charge is 0.259 e. The number of hydrazone groups is 1. The van der Waals surface area contributed by atoms with E-state index in [2.05, 4.69) is 5.10 Å². The topological polar surface area (TPSA) is 52.9 Å². The number of amides is 1. The molecule has 1 aliphatic rings. The summed E-state index contributed by atoms with van der Waals surface area (Å²) in [5, 5.41) is 15.1. The second-order valence-electron chi connectivity index (χ2n) is 3.21. The first-order chi connectivity index (χ1) is 8.08. The molecule has 1 aromatic carbocycles. The standard InChI is InChI=1S/C10H7ClN2O2S2/c11-7-1-2-8(14)6(3-7)4-12-13-9(15)5-17-10(13)16/h1-4,14H,5H2/b12-4-. The van der Waals surface area contributed by atoms with Crippen molar-refractivity contribution in [2.75, 3.05) is 5.75 Å². The zero-order valence-corrected chi connectivity index (χ0v) is 10.8. The fourth-order valence-electron chi connectivity index (χ4n) is 1.21. The highest BCUT2D eigenvalue weighted by molar-refractivity contribution is 8.23. The van der Waals surface area contributed by atoms with Crippen LogP contribution < -0.4 is 0 Å². The zero-order valence-electron chi connectivity index (χ0n) is 8.46. The van der Waals surface area contributed by atoms with Crippen LogP contribution in [0.15, 0.2) is 23.3 Å². The number of benzene rings is 1. The van der Waals surface area contributed by atoms with Gasteiger partial charge in [0, 0.05) is 10.6 Å². The molecule has 0 spiro atoms. The number of hydrogen-bond donors (Lipinski definition) is 1. The van der Waals surface area contributed by atoms with Crippen LogP contribution >= 0.6 is 35.6 Å². The Bertz CT molecular complexity index is 503. The molecule has 0 atom stereocenters. The van der Waals surface area contributed by atoms with E-state index in [9.17, 15) is 9.90 Å². The van der Waals surface area contributed by atoms with E-state index < -0.39 is 0 Å². The van der Waals surface area contributed by atoms with Crippen LogP contribution in [0.2, 0.25) is 5.02 Å². The van der Waals surface area contributed by atoms with Crippen LogP contribution in [0.5, 0.6) is 5.75 Å². The number of phenols is 1. The minimum atomic E-state index is -0.169. The van der Waals surface area contributed by atoms with Gasteiger partial charge in [-0.1, -0.05) is 35.6 Å². The van der Waals surface area contributed by atoms with Crippen molar-refractivity contribution in [2.24, 2.45) is 5.10 Å². The van der Waals surface area contributed by atoms with Crippen LogP contribution in [-0.2, 0) is 4.79 Å². The second-order valence-corrected chi connectivity index (χ2v) is 5.25. The van der Waals surface area contributed by atoms with Crippen molar-refractivity contribution in [1.82, 2.24) is 5.01 Å². The lowest BCUT2D eigenvalue weighted by molar-refractivity contribution is -0.123. The summed E-state index contributed by atoms with van der Waals surface area (Å²) >= 11 is 12.0. The maximum Gasteiger partial charge on any atom is 0.259 e. The summed E-state index contributed by atoms with van der Waals surface area (Å²) in [6.07, 6.45) is 1.36. The Morgan fingerprint density at radius 1 is 1.59 bits per heavy atom. The van der Waals surface area contributed by atoms with Gasteiger partial charge < -0.3 is 5.11 Å². The molecule has 0 radical (unpaired) electrons. The zero-order chi connectivity index (χ0) is 12.4. The third-order valence-electron chi connectivity index (χ3n) is 2.03. The Hall–Kier alpha value is -1.11. The van der Waals surface area contributed by atoms with Gasteiger partial charge >= 0.3 is 0 Å². The second kappa shape index (κ2) is 5.03. The third kappa shape index (κ3) is 2.77. The van der Waals surface area contributed by atoms with E-state index in [0.29, 0.717) is 20.7 Å². The minimum absolute atomic E-state index is 0.0448. The summed E-state index contributed by atoms with van der Waals surface area (Å²) in [6.45, 7) is 0. The molecule has 17 heavy (non-hydrogen) atoms. The highest BCUT2D eigenvalue weighted by Gasteiger charge is 2.25. The van der Waals surface area contributed by atoms with Crippen molar-refractivity contribution in [3.8, 4) is 5.75 Å². The van der Waals surface area contributed by atoms with Crippen LogP contribution in [0.1, 0.15) is 5.56 Å². The number of thiocarbonyl (C=S) groups is 1. The molecule has 1 amide bonds. The molecule has 0 aliphatic carbocycles. The Balaban J connectivity index is 2.23. The van der Waals surface area contributed by atoms with Gasteiger partial charge in [0.2, 0.25) is 0 Å². The molecular formula is C10H7ClN2O2S2. The summed E-state index contributed by atoms with van der Waals surface area (Å²) in [6, 6.07) is 4.58. The molecule has 7 heteroatoms. The van der Waals surface area contributed by atoms with Crippen molar-refractivity contribution < 1.29 is 9.90 Å². The van der Waals surface area contributed by atoms with E-state index in [1.54, 1.807) is 12.1 Å². The lowest BCUT2D eigenvalue weighted by Gasteiger charge is -2.06. The molecular weight excluding hydrogens is 280 g/mol. The number of thioether (sulfide) groups is 1. The molecule has 0 unspecified atom stereocenters. The highest BCUT2D eigenvalue weighted by atomic mass is 35.5. The molecule has 0 saturated carbocycles. The van der Waals surface area contributed by atoms with Gasteiger partial charge in [0.15, 0.2) is 4.32 Å². The number of halogens is 1. The van der Waals surface area contributed by atoms with Gasteiger partial charge in [-0.2, -0.15) is 10.1 Å². The first kappa shape index (κ1) is 12.3. The van der Waals surface area contributed by atoms with E-state index in [-0.39, 0.29) is 11.7 Å². The Labute approximate surface area is 112 Å². The molecule has 1 N–H and O–H groups in total. The highest BCUT2D eigenvalue weighted by Crippen LogP contribution is 2.22. The van der Waals surface area contributed by atoms with Gasteiger partial charge in [0.1, 0.15) is 5.75 Å². The summed E-state index contributed by atoms with van der Waals surface area (Å²) < 4.78 is 0.410. The Morgan fingerprint density at radius 3 is 3.00 bits per heavy atom. The average Bonchev–Trinajstić information content (AvgIpc) is 2.61. The maximum atomic E-state index is 11.4. The molecule has 1 saturated heterocycles. The van der Waals surface area contributed by atoms with E-state index >= 15 is 0 Å². The monoisotopic (exact) mass is 286 g/mol. The van der Waals surface area contributed by atoms with Crippen LogP contribution in [0, 0.1) is 0 Å². The van der Waals surface area contributed by atoms with Gasteiger partial charge in [-0.15, -0.1) is 0 Å². The SMILES string of the molecule is O=C1CSC(=S)N1/N=C\c1cc(Cl)ccc1O. The normalized spacial score (nSPS) is 16.2.